The molecule has 0 aliphatic heterocycles. The second-order valence-electron chi connectivity index (χ2n) is 4.93. The van der Waals surface area contributed by atoms with Crippen LogP contribution >= 0.6 is 27.5 Å². The standard InChI is InChI=1S/C18H15BrClN3O/c19-15-7-5-13(6-8-15)9-10-22-12-14(11-21)18(24)23-17-4-2-1-3-16(17)20/h1-8,12,22H,9-10H2,(H,23,24)/b14-12-. The maximum Gasteiger partial charge on any atom is 0.267 e. The van der Waals surface area contributed by atoms with Gasteiger partial charge in [-0.25, -0.2) is 0 Å². The lowest BCUT2D eigenvalue weighted by Gasteiger charge is -2.07. The second-order valence-corrected chi connectivity index (χ2v) is 6.26. The highest BCUT2D eigenvalue weighted by Crippen LogP contribution is 2.20. The molecule has 0 aromatic heterocycles. The summed E-state index contributed by atoms with van der Waals surface area (Å²) in [5.41, 5.74) is 1.63. The predicted octanol–water partition coefficient (Wildman–Crippen LogP) is 4.28. The lowest BCUT2D eigenvalue weighted by Crippen LogP contribution is -2.18. The van der Waals surface area contributed by atoms with Crippen molar-refractivity contribution in [2.75, 3.05) is 11.9 Å². The van der Waals surface area contributed by atoms with Gasteiger partial charge in [0.25, 0.3) is 5.91 Å². The lowest BCUT2D eigenvalue weighted by atomic mass is 10.1. The van der Waals surface area contributed by atoms with Crippen LogP contribution in [-0.4, -0.2) is 12.5 Å². The van der Waals surface area contributed by atoms with Crippen molar-refractivity contribution in [1.82, 2.24) is 5.32 Å². The molecule has 0 heterocycles. The minimum Gasteiger partial charge on any atom is -0.389 e. The van der Waals surface area contributed by atoms with Crippen LogP contribution in [-0.2, 0) is 11.2 Å². The van der Waals surface area contributed by atoms with Crippen LogP contribution in [0.2, 0.25) is 5.02 Å². The smallest absolute Gasteiger partial charge is 0.267 e. The van der Waals surface area contributed by atoms with Crippen molar-refractivity contribution >= 4 is 39.1 Å². The Bertz CT molecular complexity index is 782. The van der Waals surface area contributed by atoms with E-state index in [9.17, 15) is 4.79 Å². The first kappa shape index (κ1) is 18.1. The normalized spacial score (nSPS) is 10.8. The Balaban J connectivity index is 1.89. The summed E-state index contributed by atoms with van der Waals surface area (Å²) < 4.78 is 1.03. The molecule has 0 fully saturated rings. The van der Waals surface area contributed by atoms with Gasteiger partial charge in [-0.3, -0.25) is 4.79 Å². The molecule has 0 radical (unpaired) electrons. The summed E-state index contributed by atoms with van der Waals surface area (Å²) in [6, 6.07) is 16.7. The molecule has 0 unspecified atom stereocenters. The van der Waals surface area contributed by atoms with Crippen LogP contribution in [0.15, 0.2) is 64.8 Å². The number of halogens is 2. The number of benzene rings is 2. The maximum absolute atomic E-state index is 12.1. The molecular weight excluding hydrogens is 390 g/mol. The van der Waals surface area contributed by atoms with Gasteiger partial charge in [-0.2, -0.15) is 5.26 Å². The van der Waals surface area contributed by atoms with E-state index in [2.05, 4.69) is 26.6 Å². The van der Waals surface area contributed by atoms with Crippen molar-refractivity contribution in [3.63, 3.8) is 0 Å². The number of rotatable bonds is 6. The first-order chi connectivity index (χ1) is 11.6. The van der Waals surface area contributed by atoms with E-state index in [0.717, 1.165) is 16.5 Å². The van der Waals surface area contributed by atoms with Gasteiger partial charge in [0.05, 0.1) is 10.7 Å². The summed E-state index contributed by atoms with van der Waals surface area (Å²) in [5, 5.41) is 15.2. The zero-order valence-electron chi connectivity index (χ0n) is 12.7. The van der Waals surface area contributed by atoms with Gasteiger partial charge in [0.2, 0.25) is 0 Å². The average Bonchev–Trinajstić information content (AvgIpc) is 2.58. The highest BCUT2D eigenvalue weighted by atomic mass is 79.9. The lowest BCUT2D eigenvalue weighted by molar-refractivity contribution is -0.112. The summed E-state index contributed by atoms with van der Waals surface area (Å²) in [6.45, 7) is 0.617. The molecule has 0 aliphatic carbocycles. The van der Waals surface area contributed by atoms with Crippen LogP contribution in [0.5, 0.6) is 0 Å². The Morgan fingerprint density at radius 3 is 2.58 bits per heavy atom. The minimum absolute atomic E-state index is 0.00859. The van der Waals surface area contributed by atoms with Gasteiger partial charge in [-0.05, 0) is 36.2 Å². The summed E-state index contributed by atoms with van der Waals surface area (Å²) >= 11 is 9.37. The number of nitriles is 1. The molecule has 0 saturated heterocycles. The van der Waals surface area contributed by atoms with E-state index >= 15 is 0 Å². The molecule has 1 amide bonds. The van der Waals surface area contributed by atoms with Gasteiger partial charge in [0.15, 0.2) is 0 Å². The molecule has 0 atom stereocenters. The van der Waals surface area contributed by atoms with E-state index in [1.165, 1.54) is 6.20 Å². The largest absolute Gasteiger partial charge is 0.389 e. The van der Waals surface area contributed by atoms with Crippen molar-refractivity contribution in [3.8, 4) is 6.07 Å². The van der Waals surface area contributed by atoms with Crippen molar-refractivity contribution in [2.24, 2.45) is 0 Å². The van der Waals surface area contributed by atoms with Crippen molar-refractivity contribution in [1.29, 1.82) is 5.26 Å². The van der Waals surface area contributed by atoms with Crippen LogP contribution < -0.4 is 10.6 Å². The van der Waals surface area contributed by atoms with Crippen molar-refractivity contribution in [3.05, 3.63) is 75.4 Å². The third-order valence-corrected chi connectivity index (χ3v) is 4.06. The topological polar surface area (TPSA) is 64.9 Å². The first-order valence-corrected chi connectivity index (χ1v) is 8.41. The zero-order chi connectivity index (χ0) is 17.4. The number of hydrogen-bond donors (Lipinski definition) is 2. The van der Waals surface area contributed by atoms with E-state index < -0.39 is 5.91 Å². The molecule has 0 saturated carbocycles. The van der Waals surface area contributed by atoms with Crippen molar-refractivity contribution < 1.29 is 4.79 Å². The summed E-state index contributed by atoms with van der Waals surface area (Å²) in [5.74, 6) is -0.498. The SMILES string of the molecule is N#C/C(=C/NCCc1ccc(Br)cc1)C(=O)Nc1ccccc1Cl. The quantitative estimate of drug-likeness (QED) is 0.429. The number of carbonyl (C=O) groups is 1. The second kappa shape index (κ2) is 9.11. The Morgan fingerprint density at radius 1 is 1.21 bits per heavy atom. The molecule has 2 rings (SSSR count). The van der Waals surface area contributed by atoms with Crippen LogP contribution in [0.3, 0.4) is 0 Å². The first-order valence-electron chi connectivity index (χ1n) is 7.24. The van der Waals surface area contributed by atoms with E-state index in [1.807, 2.05) is 30.3 Å². The molecule has 2 aromatic rings. The Hall–Kier alpha value is -2.29. The molecule has 0 bridgehead atoms. The van der Waals surface area contributed by atoms with Gasteiger partial charge < -0.3 is 10.6 Å². The highest BCUT2D eigenvalue weighted by molar-refractivity contribution is 9.10. The Labute approximate surface area is 154 Å². The third kappa shape index (κ3) is 5.41. The molecule has 4 nitrogen and oxygen atoms in total. The van der Waals surface area contributed by atoms with Crippen LogP contribution in [0.1, 0.15) is 5.56 Å². The summed E-state index contributed by atoms with van der Waals surface area (Å²) in [7, 11) is 0. The van der Waals surface area contributed by atoms with E-state index in [1.54, 1.807) is 24.3 Å². The summed E-state index contributed by atoms with van der Waals surface area (Å²) in [4.78, 5) is 12.1. The monoisotopic (exact) mass is 403 g/mol. The molecule has 0 aliphatic rings. The summed E-state index contributed by atoms with van der Waals surface area (Å²) in [6.07, 6.45) is 2.21. The van der Waals surface area contributed by atoms with E-state index in [0.29, 0.717) is 17.3 Å². The fraction of sp³-hybridized carbons (Fsp3) is 0.111. The molecule has 122 valence electrons. The Kier molecular flexibility index (Phi) is 6.86. The molecule has 0 spiro atoms. The van der Waals surface area contributed by atoms with Gasteiger partial charge in [0, 0.05) is 17.2 Å². The fourth-order valence-corrected chi connectivity index (χ4v) is 2.39. The van der Waals surface area contributed by atoms with Crippen LogP contribution in [0.25, 0.3) is 0 Å². The van der Waals surface area contributed by atoms with Gasteiger partial charge in [-0.1, -0.05) is 51.8 Å². The van der Waals surface area contributed by atoms with Crippen molar-refractivity contribution in [2.45, 2.75) is 6.42 Å². The van der Waals surface area contributed by atoms with E-state index in [-0.39, 0.29) is 5.57 Å². The number of hydrogen-bond acceptors (Lipinski definition) is 3. The molecule has 2 N–H and O–H groups in total. The molecule has 6 heteroatoms. The predicted molar refractivity (Wildman–Crippen MR) is 99.6 cm³/mol. The maximum atomic E-state index is 12.1. The number of amides is 1. The van der Waals surface area contributed by atoms with Crippen LogP contribution in [0.4, 0.5) is 5.69 Å². The number of nitrogens with zero attached hydrogens (tertiary/aromatic N) is 1. The number of nitrogens with one attached hydrogen (secondary N) is 2. The Morgan fingerprint density at radius 2 is 1.92 bits per heavy atom. The molecule has 2 aromatic carbocycles. The number of anilines is 1. The average molecular weight is 405 g/mol. The fourth-order valence-electron chi connectivity index (χ4n) is 1.94. The number of carbonyl (C=O) groups excluding carboxylic acids is 1. The zero-order valence-corrected chi connectivity index (χ0v) is 15.1. The van der Waals surface area contributed by atoms with Gasteiger partial charge in [0.1, 0.15) is 11.6 Å². The van der Waals surface area contributed by atoms with Crippen LogP contribution in [0, 0.1) is 11.3 Å². The highest BCUT2D eigenvalue weighted by Gasteiger charge is 2.10. The molecular formula is C18H15BrClN3O. The number of para-hydroxylation sites is 1. The van der Waals surface area contributed by atoms with Gasteiger partial charge in [-0.15, -0.1) is 0 Å². The third-order valence-electron chi connectivity index (χ3n) is 3.20. The molecule has 24 heavy (non-hydrogen) atoms. The minimum atomic E-state index is -0.498. The van der Waals surface area contributed by atoms with E-state index in [4.69, 9.17) is 16.9 Å². The van der Waals surface area contributed by atoms with Gasteiger partial charge >= 0.3 is 0 Å².